The third kappa shape index (κ3) is 8.75. The number of amides is 1. The highest BCUT2D eigenvalue weighted by atomic mass is 16.5. The number of nitrogens with one attached hydrogen (secondary N) is 1. The van der Waals surface area contributed by atoms with E-state index in [1.807, 2.05) is 78.9 Å². The zero-order valence-electron chi connectivity index (χ0n) is 25.4. The average molecular weight is 597 g/mol. The maximum absolute atomic E-state index is 12.6. The molecule has 1 aliphatic rings. The fourth-order valence-corrected chi connectivity index (χ4v) is 4.94. The Morgan fingerprint density at radius 2 is 1.39 bits per heavy atom. The number of aliphatic hydroxyl groups excluding tert-OH is 1. The first-order chi connectivity index (χ1) is 21.2. The molecule has 0 spiro atoms. The molecule has 1 heterocycles. The molecule has 8 heteroatoms. The molecule has 0 fully saturated rings. The minimum Gasteiger partial charge on any atom is -0.492 e. The van der Waals surface area contributed by atoms with Gasteiger partial charge in [0.25, 0.3) is 5.91 Å². The van der Waals surface area contributed by atoms with E-state index in [2.05, 4.69) is 29.3 Å². The number of aliphatic hydroxyl groups is 1. The van der Waals surface area contributed by atoms with Crippen molar-refractivity contribution in [3.63, 3.8) is 0 Å². The van der Waals surface area contributed by atoms with E-state index >= 15 is 0 Å². The van der Waals surface area contributed by atoms with E-state index in [1.54, 1.807) is 26.0 Å². The maximum Gasteiger partial charge on any atom is 0.258 e. The molecule has 5 rings (SSSR count). The van der Waals surface area contributed by atoms with Gasteiger partial charge in [0.05, 0.1) is 5.56 Å². The fraction of sp³-hybridized carbons (Fsp3) is 0.306. The Morgan fingerprint density at radius 3 is 2.07 bits per heavy atom. The lowest BCUT2D eigenvalue weighted by Gasteiger charge is -2.33. The summed E-state index contributed by atoms with van der Waals surface area (Å²) in [5, 5.41) is 13.8. The van der Waals surface area contributed by atoms with E-state index in [1.165, 1.54) is 0 Å². The van der Waals surface area contributed by atoms with Crippen molar-refractivity contribution in [1.29, 1.82) is 0 Å². The molecule has 8 nitrogen and oxygen atoms in total. The molecule has 2 unspecified atom stereocenters. The van der Waals surface area contributed by atoms with Crippen LogP contribution in [0, 0.1) is 0 Å². The molecule has 4 aromatic carbocycles. The van der Waals surface area contributed by atoms with Gasteiger partial charge < -0.3 is 29.4 Å². The molecule has 230 valence electrons. The normalized spacial score (nSPS) is 15.0. The van der Waals surface area contributed by atoms with E-state index in [0.29, 0.717) is 49.1 Å². The third-order valence-electron chi connectivity index (χ3n) is 7.28. The number of fused-ring (bicyclic) bond motifs is 1. The predicted octanol–water partition coefficient (Wildman–Crippen LogP) is 5.83. The Kier molecular flexibility index (Phi) is 10.0. The fourth-order valence-electron chi connectivity index (χ4n) is 4.94. The molecule has 0 aliphatic carbocycles. The smallest absolute Gasteiger partial charge is 0.258 e. The van der Waals surface area contributed by atoms with Crippen LogP contribution >= 0.6 is 0 Å². The standard InChI is InChI=1S/C36H40N2O6/c1-26(23-41-32-18-19-34-33(20-32)35(40)37-36(2,3)44-34)38(21-27-10-6-4-7-11-27)22-29(39)25-43-31-16-14-30(15-17-31)42-24-28-12-8-5-9-13-28/h4-20,26,29,39H,21-25H2,1-3H3,(H,37,40). The summed E-state index contributed by atoms with van der Waals surface area (Å²) in [6.45, 7) is 7.67. The topological polar surface area (TPSA) is 89.5 Å². The number of ether oxygens (including phenoxy) is 4. The summed E-state index contributed by atoms with van der Waals surface area (Å²) < 4.78 is 23.8. The summed E-state index contributed by atoms with van der Waals surface area (Å²) in [4.78, 5) is 14.8. The van der Waals surface area contributed by atoms with Crippen LogP contribution in [0.2, 0.25) is 0 Å². The SMILES string of the molecule is CC(COc1ccc2c(c1)C(=O)NC(C)(C)O2)N(Cc1ccccc1)CC(O)COc1ccc(OCc2ccccc2)cc1. The highest BCUT2D eigenvalue weighted by Crippen LogP contribution is 2.30. The average Bonchev–Trinajstić information content (AvgIpc) is 3.02. The van der Waals surface area contributed by atoms with Gasteiger partial charge in [-0.1, -0.05) is 60.7 Å². The summed E-state index contributed by atoms with van der Waals surface area (Å²) >= 11 is 0. The van der Waals surface area contributed by atoms with Gasteiger partial charge in [-0.05, 0) is 74.4 Å². The van der Waals surface area contributed by atoms with Crippen molar-refractivity contribution in [1.82, 2.24) is 10.2 Å². The number of hydrogen-bond acceptors (Lipinski definition) is 7. The molecule has 0 saturated heterocycles. The van der Waals surface area contributed by atoms with E-state index < -0.39 is 11.8 Å². The van der Waals surface area contributed by atoms with Gasteiger partial charge in [-0.2, -0.15) is 0 Å². The minimum atomic E-state index is -0.760. The third-order valence-corrected chi connectivity index (χ3v) is 7.28. The number of benzene rings is 4. The van der Waals surface area contributed by atoms with Gasteiger partial charge in [0, 0.05) is 19.1 Å². The van der Waals surface area contributed by atoms with Gasteiger partial charge in [-0.25, -0.2) is 0 Å². The van der Waals surface area contributed by atoms with Crippen LogP contribution in [0.4, 0.5) is 0 Å². The number of nitrogens with zero attached hydrogens (tertiary/aromatic N) is 1. The Hall–Kier alpha value is -4.53. The second-order valence-corrected chi connectivity index (χ2v) is 11.5. The largest absolute Gasteiger partial charge is 0.492 e. The van der Waals surface area contributed by atoms with Crippen LogP contribution in [0.3, 0.4) is 0 Å². The van der Waals surface area contributed by atoms with Crippen molar-refractivity contribution in [2.75, 3.05) is 19.8 Å². The van der Waals surface area contributed by atoms with Gasteiger partial charge >= 0.3 is 0 Å². The molecule has 0 radical (unpaired) electrons. The zero-order chi connectivity index (χ0) is 30.9. The molecule has 2 N–H and O–H groups in total. The molecule has 4 aromatic rings. The summed E-state index contributed by atoms with van der Waals surface area (Å²) in [5.41, 5.74) is 1.91. The Balaban J connectivity index is 1.15. The zero-order valence-corrected chi connectivity index (χ0v) is 25.4. The van der Waals surface area contributed by atoms with Crippen LogP contribution in [-0.4, -0.2) is 53.5 Å². The van der Waals surface area contributed by atoms with Crippen molar-refractivity contribution < 1.29 is 28.8 Å². The second kappa shape index (κ2) is 14.3. The minimum absolute atomic E-state index is 0.0501. The van der Waals surface area contributed by atoms with Gasteiger partial charge in [0.2, 0.25) is 0 Å². The second-order valence-electron chi connectivity index (χ2n) is 11.5. The molecule has 2 atom stereocenters. The van der Waals surface area contributed by atoms with E-state index in [0.717, 1.165) is 16.9 Å². The monoisotopic (exact) mass is 596 g/mol. The summed E-state index contributed by atoms with van der Waals surface area (Å²) in [6.07, 6.45) is -0.733. The molecular formula is C36H40N2O6. The van der Waals surface area contributed by atoms with E-state index in [9.17, 15) is 9.90 Å². The van der Waals surface area contributed by atoms with Gasteiger partial charge in [0.1, 0.15) is 48.9 Å². The van der Waals surface area contributed by atoms with Crippen molar-refractivity contribution in [3.05, 3.63) is 120 Å². The lowest BCUT2D eigenvalue weighted by molar-refractivity contribution is 0.0400. The quantitative estimate of drug-likeness (QED) is 0.189. The molecule has 0 aromatic heterocycles. The lowest BCUT2D eigenvalue weighted by Crippen LogP contribution is -2.51. The van der Waals surface area contributed by atoms with Gasteiger partial charge in [0.15, 0.2) is 5.72 Å². The maximum atomic E-state index is 12.6. The first kappa shape index (κ1) is 30.9. The molecular weight excluding hydrogens is 556 g/mol. The Bertz CT molecular complexity index is 1490. The summed E-state index contributed by atoms with van der Waals surface area (Å²) in [6, 6.07) is 32.8. The van der Waals surface area contributed by atoms with Crippen LogP contribution in [-0.2, 0) is 13.2 Å². The lowest BCUT2D eigenvalue weighted by atomic mass is 10.1. The first-order valence-corrected chi connectivity index (χ1v) is 14.9. The Labute approximate surface area is 259 Å². The Morgan fingerprint density at radius 1 is 0.795 bits per heavy atom. The van der Waals surface area contributed by atoms with Crippen molar-refractivity contribution >= 4 is 5.91 Å². The highest BCUT2D eigenvalue weighted by Gasteiger charge is 2.31. The van der Waals surface area contributed by atoms with Crippen LogP contribution in [0.15, 0.2) is 103 Å². The summed E-state index contributed by atoms with van der Waals surface area (Å²) in [5.74, 6) is 2.32. The number of carbonyl (C=O) groups excluding carboxylic acids is 1. The summed E-state index contributed by atoms with van der Waals surface area (Å²) in [7, 11) is 0. The van der Waals surface area contributed by atoms with Crippen molar-refractivity contribution in [3.8, 4) is 23.0 Å². The molecule has 0 bridgehead atoms. The highest BCUT2D eigenvalue weighted by molar-refractivity contribution is 5.98. The van der Waals surface area contributed by atoms with Gasteiger partial charge in [-0.15, -0.1) is 0 Å². The van der Waals surface area contributed by atoms with Crippen LogP contribution in [0.1, 0.15) is 42.3 Å². The van der Waals surface area contributed by atoms with E-state index in [-0.39, 0.29) is 18.6 Å². The van der Waals surface area contributed by atoms with Crippen LogP contribution in [0.5, 0.6) is 23.0 Å². The molecule has 1 amide bonds. The van der Waals surface area contributed by atoms with Crippen LogP contribution < -0.4 is 24.3 Å². The number of hydrogen-bond donors (Lipinski definition) is 2. The predicted molar refractivity (Wildman–Crippen MR) is 169 cm³/mol. The van der Waals surface area contributed by atoms with Crippen LogP contribution in [0.25, 0.3) is 0 Å². The molecule has 44 heavy (non-hydrogen) atoms. The van der Waals surface area contributed by atoms with Gasteiger partial charge in [-0.3, -0.25) is 9.69 Å². The number of carbonyl (C=O) groups is 1. The first-order valence-electron chi connectivity index (χ1n) is 14.9. The molecule has 1 aliphatic heterocycles. The number of rotatable bonds is 14. The molecule has 0 saturated carbocycles. The van der Waals surface area contributed by atoms with Crippen molar-refractivity contribution in [2.45, 2.75) is 51.8 Å². The van der Waals surface area contributed by atoms with Crippen molar-refractivity contribution in [2.24, 2.45) is 0 Å². The van der Waals surface area contributed by atoms with E-state index in [4.69, 9.17) is 18.9 Å².